The average Bonchev–Trinajstić information content (AvgIpc) is 2.70. The van der Waals surface area contributed by atoms with Crippen LogP contribution < -0.4 is 5.32 Å². The SMILES string of the molecule is CCC(=O)N[C@H](C)C(=O)N1CCN(S(=O)(=O)c2c(C)c(C)c(C)c(C)c2C)CC1. The molecule has 1 aliphatic heterocycles. The topological polar surface area (TPSA) is 86.8 Å². The number of carbonyl (C=O) groups excluding carboxylic acids is 2. The zero-order chi connectivity index (χ0) is 22.1. The summed E-state index contributed by atoms with van der Waals surface area (Å²) in [4.78, 5) is 26.1. The summed E-state index contributed by atoms with van der Waals surface area (Å²) in [6, 6.07) is -0.613. The number of carbonyl (C=O) groups is 2. The lowest BCUT2D eigenvalue weighted by molar-refractivity contribution is -0.136. The van der Waals surface area contributed by atoms with E-state index < -0.39 is 16.1 Å². The van der Waals surface area contributed by atoms with Crippen molar-refractivity contribution in [2.24, 2.45) is 0 Å². The van der Waals surface area contributed by atoms with Gasteiger partial charge in [-0.2, -0.15) is 4.31 Å². The Bertz CT molecular complexity index is 887. The molecule has 1 heterocycles. The van der Waals surface area contributed by atoms with Gasteiger partial charge in [-0.15, -0.1) is 0 Å². The second-order valence-corrected chi connectivity index (χ2v) is 9.70. The van der Waals surface area contributed by atoms with Gasteiger partial charge in [0.1, 0.15) is 6.04 Å². The summed E-state index contributed by atoms with van der Waals surface area (Å²) in [6.45, 7) is 14.2. The fraction of sp³-hybridized carbons (Fsp3) is 0.619. The number of sulfonamides is 1. The van der Waals surface area contributed by atoms with Gasteiger partial charge in [0.2, 0.25) is 21.8 Å². The second kappa shape index (κ2) is 8.83. The number of piperazine rings is 1. The van der Waals surface area contributed by atoms with E-state index in [1.54, 1.807) is 18.7 Å². The molecule has 8 heteroatoms. The Kier molecular flexibility index (Phi) is 7.11. The molecule has 1 saturated heterocycles. The largest absolute Gasteiger partial charge is 0.345 e. The lowest BCUT2D eigenvalue weighted by Gasteiger charge is -2.36. The maximum absolute atomic E-state index is 13.4. The van der Waals surface area contributed by atoms with E-state index in [1.165, 1.54) is 4.31 Å². The molecule has 0 radical (unpaired) electrons. The van der Waals surface area contributed by atoms with Crippen LogP contribution in [0.25, 0.3) is 0 Å². The summed E-state index contributed by atoms with van der Waals surface area (Å²) in [7, 11) is -3.65. The van der Waals surface area contributed by atoms with Crippen molar-refractivity contribution in [2.75, 3.05) is 26.2 Å². The Morgan fingerprint density at radius 3 is 1.79 bits per heavy atom. The van der Waals surface area contributed by atoms with Crippen LogP contribution in [0.3, 0.4) is 0 Å². The van der Waals surface area contributed by atoms with Gasteiger partial charge in [0, 0.05) is 32.6 Å². The number of benzene rings is 1. The Labute approximate surface area is 174 Å². The molecule has 1 atom stereocenters. The smallest absolute Gasteiger partial charge is 0.244 e. The van der Waals surface area contributed by atoms with Crippen molar-refractivity contribution >= 4 is 21.8 Å². The molecular formula is C21H33N3O4S. The maximum atomic E-state index is 13.4. The summed E-state index contributed by atoms with van der Waals surface area (Å²) in [5.74, 6) is -0.360. The van der Waals surface area contributed by atoms with Crippen molar-refractivity contribution in [1.82, 2.24) is 14.5 Å². The molecule has 0 spiro atoms. The molecule has 2 rings (SSSR count). The van der Waals surface area contributed by atoms with Crippen molar-refractivity contribution in [1.29, 1.82) is 0 Å². The predicted octanol–water partition coefficient (Wildman–Crippen LogP) is 1.98. The van der Waals surface area contributed by atoms with Gasteiger partial charge in [0.05, 0.1) is 4.90 Å². The molecule has 0 bridgehead atoms. The number of rotatable bonds is 5. The number of nitrogens with zero attached hydrogens (tertiary/aromatic N) is 2. The number of nitrogens with one attached hydrogen (secondary N) is 1. The van der Waals surface area contributed by atoms with Gasteiger partial charge in [0.15, 0.2) is 0 Å². The van der Waals surface area contributed by atoms with E-state index in [-0.39, 0.29) is 24.9 Å². The van der Waals surface area contributed by atoms with E-state index in [0.717, 1.165) is 27.8 Å². The van der Waals surface area contributed by atoms with Crippen molar-refractivity contribution in [3.05, 3.63) is 27.8 Å². The molecule has 29 heavy (non-hydrogen) atoms. The fourth-order valence-electron chi connectivity index (χ4n) is 3.81. The van der Waals surface area contributed by atoms with Gasteiger partial charge >= 0.3 is 0 Å². The van der Waals surface area contributed by atoms with Crippen LogP contribution in [0.1, 0.15) is 48.1 Å². The van der Waals surface area contributed by atoms with E-state index in [2.05, 4.69) is 5.32 Å². The number of hydrogen-bond acceptors (Lipinski definition) is 4. The molecule has 0 aromatic heterocycles. The first-order valence-corrected chi connectivity index (χ1v) is 11.5. The second-order valence-electron chi connectivity index (χ2n) is 7.83. The van der Waals surface area contributed by atoms with Crippen LogP contribution in [-0.2, 0) is 19.6 Å². The van der Waals surface area contributed by atoms with E-state index in [0.29, 0.717) is 24.4 Å². The minimum Gasteiger partial charge on any atom is -0.345 e. The summed E-state index contributed by atoms with van der Waals surface area (Å²) >= 11 is 0. The summed E-state index contributed by atoms with van der Waals surface area (Å²) in [6.07, 6.45) is 0.317. The molecule has 1 fully saturated rings. The zero-order valence-electron chi connectivity index (χ0n) is 18.5. The average molecular weight is 424 g/mol. The van der Waals surface area contributed by atoms with E-state index in [9.17, 15) is 18.0 Å². The van der Waals surface area contributed by atoms with Gasteiger partial charge in [-0.25, -0.2) is 8.42 Å². The summed E-state index contributed by atoms with van der Waals surface area (Å²) in [5, 5.41) is 2.66. The molecule has 0 saturated carbocycles. The number of hydrogen-bond donors (Lipinski definition) is 1. The highest BCUT2D eigenvalue weighted by atomic mass is 32.2. The molecule has 2 amide bonds. The highest BCUT2D eigenvalue weighted by Gasteiger charge is 2.34. The van der Waals surface area contributed by atoms with Gasteiger partial charge in [-0.1, -0.05) is 6.92 Å². The lowest BCUT2D eigenvalue weighted by atomic mass is 9.95. The minimum absolute atomic E-state index is 0.178. The molecule has 0 aliphatic carbocycles. The monoisotopic (exact) mass is 423 g/mol. The Balaban J connectivity index is 2.19. The maximum Gasteiger partial charge on any atom is 0.244 e. The minimum atomic E-state index is -3.65. The molecule has 0 unspecified atom stereocenters. The third-order valence-corrected chi connectivity index (χ3v) is 8.32. The predicted molar refractivity (Wildman–Crippen MR) is 113 cm³/mol. The number of amides is 2. The molecule has 1 aliphatic rings. The lowest BCUT2D eigenvalue weighted by Crippen LogP contribution is -2.55. The van der Waals surface area contributed by atoms with Crippen LogP contribution in [-0.4, -0.2) is 61.7 Å². The van der Waals surface area contributed by atoms with Crippen molar-refractivity contribution in [2.45, 2.75) is 65.8 Å². The van der Waals surface area contributed by atoms with Crippen LogP contribution in [0.5, 0.6) is 0 Å². The molecule has 162 valence electrons. The molecule has 1 aromatic rings. The normalized spacial score (nSPS) is 16.6. The quantitative estimate of drug-likeness (QED) is 0.785. The first kappa shape index (κ1) is 23.3. The third kappa shape index (κ3) is 4.48. The van der Waals surface area contributed by atoms with Crippen LogP contribution in [0.2, 0.25) is 0 Å². The van der Waals surface area contributed by atoms with Crippen LogP contribution in [0.4, 0.5) is 0 Å². The zero-order valence-corrected chi connectivity index (χ0v) is 19.4. The molecule has 7 nitrogen and oxygen atoms in total. The first-order valence-electron chi connectivity index (χ1n) is 10.1. The first-order chi connectivity index (χ1) is 13.4. The van der Waals surface area contributed by atoms with Crippen molar-refractivity contribution in [3.63, 3.8) is 0 Å². The fourth-order valence-corrected chi connectivity index (χ4v) is 5.79. The van der Waals surface area contributed by atoms with E-state index >= 15 is 0 Å². The molecular weight excluding hydrogens is 390 g/mol. The highest BCUT2D eigenvalue weighted by molar-refractivity contribution is 7.89. The third-order valence-electron chi connectivity index (χ3n) is 6.15. The molecule has 1 aromatic carbocycles. The Morgan fingerprint density at radius 1 is 0.897 bits per heavy atom. The van der Waals surface area contributed by atoms with Crippen LogP contribution in [0.15, 0.2) is 4.90 Å². The van der Waals surface area contributed by atoms with Crippen LogP contribution in [0, 0.1) is 34.6 Å². The van der Waals surface area contributed by atoms with Gasteiger partial charge in [-0.05, 0) is 69.4 Å². The van der Waals surface area contributed by atoms with Crippen molar-refractivity contribution < 1.29 is 18.0 Å². The van der Waals surface area contributed by atoms with E-state index in [4.69, 9.17) is 0 Å². The summed E-state index contributed by atoms with van der Waals surface area (Å²) < 4.78 is 28.3. The van der Waals surface area contributed by atoms with Gasteiger partial charge in [-0.3, -0.25) is 9.59 Å². The van der Waals surface area contributed by atoms with Gasteiger partial charge < -0.3 is 10.2 Å². The Hall–Kier alpha value is -1.93. The van der Waals surface area contributed by atoms with Crippen molar-refractivity contribution in [3.8, 4) is 0 Å². The summed E-state index contributed by atoms with van der Waals surface area (Å²) in [5.41, 5.74) is 4.71. The highest BCUT2D eigenvalue weighted by Crippen LogP contribution is 2.31. The molecule has 1 N–H and O–H groups in total. The van der Waals surface area contributed by atoms with E-state index in [1.807, 2.05) is 34.6 Å². The van der Waals surface area contributed by atoms with Gasteiger partial charge in [0.25, 0.3) is 0 Å². The standard InChI is InChI=1S/C21H33N3O4S/c1-8-19(25)22-18(7)21(26)23-9-11-24(12-10-23)29(27,28)20-16(5)14(3)13(2)15(4)17(20)6/h18H,8-12H2,1-7H3,(H,22,25)/t18-/m1/s1. The van der Waals surface area contributed by atoms with Crippen LogP contribution >= 0.6 is 0 Å². The Morgan fingerprint density at radius 2 is 1.34 bits per heavy atom.